The molecule has 1 aromatic heterocycles. The van der Waals surface area contributed by atoms with Crippen LogP contribution >= 0.6 is 0 Å². The molecule has 0 amide bonds. The number of carbonyl (C=O) groups is 1. The molecule has 0 aliphatic heterocycles. The van der Waals surface area contributed by atoms with Gasteiger partial charge in [0.2, 0.25) is 11.8 Å². The number of carboxylic acids is 1. The molecular formula is C14H15FN2O3. The molecule has 0 spiro atoms. The normalized spacial score (nSPS) is 12.3. The average Bonchev–Trinajstić information content (AvgIpc) is 2.78. The molecule has 1 unspecified atom stereocenters. The predicted octanol–water partition coefficient (Wildman–Crippen LogP) is 2.45. The van der Waals surface area contributed by atoms with Crippen LogP contribution in [-0.2, 0) is 17.6 Å². The highest BCUT2D eigenvalue weighted by molar-refractivity contribution is 5.66. The number of aromatic nitrogens is 2. The number of halogens is 1. The van der Waals surface area contributed by atoms with Crippen molar-refractivity contribution in [2.24, 2.45) is 5.92 Å². The smallest absolute Gasteiger partial charge is 0.303 e. The van der Waals surface area contributed by atoms with Crippen LogP contribution in [0.25, 0.3) is 0 Å². The molecule has 1 aromatic carbocycles. The van der Waals surface area contributed by atoms with Gasteiger partial charge in [-0.2, -0.15) is 0 Å². The van der Waals surface area contributed by atoms with Crippen LogP contribution in [0.1, 0.15) is 30.7 Å². The zero-order chi connectivity index (χ0) is 14.5. The third-order valence-corrected chi connectivity index (χ3v) is 2.82. The molecule has 106 valence electrons. The van der Waals surface area contributed by atoms with Crippen molar-refractivity contribution in [3.63, 3.8) is 0 Å². The molecule has 20 heavy (non-hydrogen) atoms. The van der Waals surface area contributed by atoms with E-state index in [0.29, 0.717) is 24.6 Å². The first kappa shape index (κ1) is 14.2. The number of hydrogen-bond donors (Lipinski definition) is 1. The van der Waals surface area contributed by atoms with Crippen molar-refractivity contribution in [1.82, 2.24) is 10.2 Å². The minimum Gasteiger partial charge on any atom is -0.481 e. The Bertz CT molecular complexity index is 580. The third kappa shape index (κ3) is 4.15. The number of nitrogens with zero attached hydrogens (tertiary/aromatic N) is 2. The lowest BCUT2D eigenvalue weighted by Crippen LogP contribution is -2.07. The van der Waals surface area contributed by atoms with Crippen LogP contribution in [0.4, 0.5) is 4.39 Å². The number of carboxylic acid groups (broad SMARTS) is 1. The lowest BCUT2D eigenvalue weighted by Gasteiger charge is -2.03. The molecule has 2 aromatic rings. The Balaban J connectivity index is 1.95. The summed E-state index contributed by atoms with van der Waals surface area (Å²) < 4.78 is 18.2. The van der Waals surface area contributed by atoms with Gasteiger partial charge in [-0.15, -0.1) is 10.2 Å². The SMILES string of the molecule is CC(CC(=O)O)Cc1nnc(Cc2ccc(F)cc2)o1. The van der Waals surface area contributed by atoms with Crippen LogP contribution in [0.5, 0.6) is 0 Å². The highest BCUT2D eigenvalue weighted by atomic mass is 19.1. The van der Waals surface area contributed by atoms with Crippen LogP contribution in [-0.4, -0.2) is 21.3 Å². The van der Waals surface area contributed by atoms with Gasteiger partial charge < -0.3 is 9.52 Å². The van der Waals surface area contributed by atoms with Crippen molar-refractivity contribution in [2.75, 3.05) is 0 Å². The number of hydrogen-bond acceptors (Lipinski definition) is 4. The van der Waals surface area contributed by atoms with Gasteiger partial charge in [-0.1, -0.05) is 19.1 Å². The quantitative estimate of drug-likeness (QED) is 0.878. The molecule has 0 radical (unpaired) electrons. The Kier molecular flexibility index (Phi) is 4.45. The fourth-order valence-corrected chi connectivity index (χ4v) is 1.89. The molecule has 0 bridgehead atoms. The summed E-state index contributed by atoms with van der Waals surface area (Å²) in [5, 5.41) is 16.5. The lowest BCUT2D eigenvalue weighted by atomic mass is 10.0. The van der Waals surface area contributed by atoms with E-state index in [4.69, 9.17) is 9.52 Å². The summed E-state index contributed by atoms with van der Waals surface area (Å²) in [6.45, 7) is 1.82. The summed E-state index contributed by atoms with van der Waals surface area (Å²) in [5.41, 5.74) is 0.875. The van der Waals surface area contributed by atoms with Crippen LogP contribution in [0.15, 0.2) is 28.7 Å². The third-order valence-electron chi connectivity index (χ3n) is 2.82. The van der Waals surface area contributed by atoms with Gasteiger partial charge in [0.05, 0.1) is 6.42 Å². The summed E-state index contributed by atoms with van der Waals surface area (Å²) in [6, 6.07) is 6.07. The van der Waals surface area contributed by atoms with E-state index in [1.165, 1.54) is 12.1 Å². The van der Waals surface area contributed by atoms with Crippen molar-refractivity contribution in [3.05, 3.63) is 47.4 Å². The molecule has 1 N–H and O–H groups in total. The van der Waals surface area contributed by atoms with Gasteiger partial charge in [0.25, 0.3) is 0 Å². The Morgan fingerprint density at radius 1 is 1.30 bits per heavy atom. The molecular weight excluding hydrogens is 263 g/mol. The molecule has 5 nitrogen and oxygen atoms in total. The van der Waals surface area contributed by atoms with Gasteiger partial charge in [0.15, 0.2) is 0 Å². The van der Waals surface area contributed by atoms with Crippen molar-refractivity contribution in [2.45, 2.75) is 26.2 Å². The van der Waals surface area contributed by atoms with Crippen LogP contribution in [0.3, 0.4) is 0 Å². The zero-order valence-electron chi connectivity index (χ0n) is 11.0. The van der Waals surface area contributed by atoms with Gasteiger partial charge in [0, 0.05) is 12.8 Å². The Labute approximate surface area is 115 Å². The molecule has 0 fully saturated rings. The van der Waals surface area contributed by atoms with Crippen molar-refractivity contribution >= 4 is 5.97 Å². The van der Waals surface area contributed by atoms with Crippen molar-refractivity contribution in [1.29, 1.82) is 0 Å². The maximum absolute atomic E-state index is 12.8. The molecule has 0 aliphatic carbocycles. The standard InChI is InChI=1S/C14H15FN2O3/c1-9(7-14(18)19)6-12-16-17-13(20-12)8-10-2-4-11(15)5-3-10/h2-5,9H,6-8H2,1H3,(H,18,19). The number of benzene rings is 1. The van der Waals surface area contributed by atoms with Crippen molar-refractivity contribution < 1.29 is 18.7 Å². The zero-order valence-corrected chi connectivity index (χ0v) is 11.0. The summed E-state index contributed by atoms with van der Waals surface area (Å²) >= 11 is 0. The van der Waals surface area contributed by atoms with Gasteiger partial charge in [-0.25, -0.2) is 4.39 Å². The van der Waals surface area contributed by atoms with E-state index in [2.05, 4.69) is 10.2 Å². The summed E-state index contributed by atoms with van der Waals surface area (Å²) in [4.78, 5) is 10.6. The molecule has 0 aliphatic rings. The highest BCUT2D eigenvalue weighted by Crippen LogP contribution is 2.13. The van der Waals surface area contributed by atoms with Crippen LogP contribution in [0, 0.1) is 11.7 Å². The highest BCUT2D eigenvalue weighted by Gasteiger charge is 2.13. The molecule has 1 heterocycles. The van der Waals surface area contributed by atoms with Crippen LogP contribution < -0.4 is 0 Å². The summed E-state index contributed by atoms with van der Waals surface area (Å²) in [7, 11) is 0. The monoisotopic (exact) mass is 278 g/mol. The van der Waals surface area contributed by atoms with Crippen molar-refractivity contribution in [3.8, 4) is 0 Å². The first-order valence-electron chi connectivity index (χ1n) is 6.30. The van der Waals surface area contributed by atoms with Gasteiger partial charge in [-0.05, 0) is 23.6 Å². The maximum atomic E-state index is 12.8. The molecule has 0 saturated carbocycles. The average molecular weight is 278 g/mol. The minimum atomic E-state index is -0.844. The van der Waals surface area contributed by atoms with Gasteiger partial charge >= 0.3 is 5.97 Å². The molecule has 2 rings (SSSR count). The molecule has 1 atom stereocenters. The fourth-order valence-electron chi connectivity index (χ4n) is 1.89. The predicted molar refractivity (Wildman–Crippen MR) is 68.6 cm³/mol. The van der Waals surface area contributed by atoms with E-state index in [1.807, 2.05) is 6.92 Å². The van der Waals surface area contributed by atoms with E-state index in [-0.39, 0.29) is 18.2 Å². The lowest BCUT2D eigenvalue weighted by molar-refractivity contribution is -0.137. The van der Waals surface area contributed by atoms with E-state index in [0.717, 1.165) is 5.56 Å². The largest absolute Gasteiger partial charge is 0.481 e. The van der Waals surface area contributed by atoms with E-state index in [1.54, 1.807) is 12.1 Å². The molecule has 6 heteroatoms. The topological polar surface area (TPSA) is 76.2 Å². The molecule has 0 saturated heterocycles. The Hall–Kier alpha value is -2.24. The summed E-state index contributed by atoms with van der Waals surface area (Å²) in [5.74, 6) is -0.331. The Morgan fingerprint density at radius 2 is 1.95 bits per heavy atom. The van der Waals surface area contributed by atoms with E-state index < -0.39 is 5.97 Å². The second kappa shape index (κ2) is 6.27. The first-order chi connectivity index (χ1) is 9.52. The second-order valence-electron chi connectivity index (χ2n) is 4.80. The van der Waals surface area contributed by atoms with Gasteiger partial charge in [-0.3, -0.25) is 4.79 Å². The van der Waals surface area contributed by atoms with E-state index in [9.17, 15) is 9.18 Å². The van der Waals surface area contributed by atoms with Crippen LogP contribution in [0.2, 0.25) is 0 Å². The maximum Gasteiger partial charge on any atom is 0.303 e. The minimum absolute atomic E-state index is 0.0633. The number of rotatable bonds is 6. The summed E-state index contributed by atoms with van der Waals surface area (Å²) in [6.07, 6.45) is 0.930. The Morgan fingerprint density at radius 3 is 2.60 bits per heavy atom. The van der Waals surface area contributed by atoms with E-state index >= 15 is 0 Å². The second-order valence-corrected chi connectivity index (χ2v) is 4.80. The first-order valence-corrected chi connectivity index (χ1v) is 6.30. The van der Waals surface area contributed by atoms with Gasteiger partial charge in [0.1, 0.15) is 5.82 Å². The number of aliphatic carboxylic acids is 1. The fraction of sp³-hybridized carbons (Fsp3) is 0.357.